The van der Waals surface area contributed by atoms with Gasteiger partial charge in [-0.25, -0.2) is 0 Å². The van der Waals surface area contributed by atoms with Crippen LogP contribution in [0.4, 0.5) is 0 Å². The van der Waals surface area contributed by atoms with Crippen molar-refractivity contribution in [3.8, 4) is 0 Å². The summed E-state index contributed by atoms with van der Waals surface area (Å²) in [5, 5.41) is 7.63. The third-order valence-corrected chi connectivity index (χ3v) is 2.71. The molecule has 0 unspecified atom stereocenters. The highest BCUT2D eigenvalue weighted by molar-refractivity contribution is 5.48. The fraction of sp³-hybridized carbons (Fsp3) is 0.267. The Morgan fingerprint density at radius 2 is 2.11 bits per heavy atom. The van der Waals surface area contributed by atoms with Crippen LogP contribution in [0.2, 0.25) is 0 Å². The van der Waals surface area contributed by atoms with Crippen LogP contribution in [0.25, 0.3) is 6.08 Å². The maximum Gasteiger partial charge on any atom is 0.0560 e. The number of hydrogen-bond donors (Lipinski definition) is 1. The van der Waals surface area contributed by atoms with Gasteiger partial charge in [-0.15, -0.1) is 0 Å². The van der Waals surface area contributed by atoms with Gasteiger partial charge in [0.15, 0.2) is 0 Å². The Balaban J connectivity index is 1.70. The van der Waals surface area contributed by atoms with Crippen LogP contribution in [0, 0.1) is 0 Å². The van der Waals surface area contributed by atoms with E-state index in [1.165, 1.54) is 5.56 Å². The van der Waals surface area contributed by atoms with Crippen molar-refractivity contribution in [3.05, 3.63) is 60.4 Å². The van der Waals surface area contributed by atoms with E-state index in [0.717, 1.165) is 13.1 Å². The van der Waals surface area contributed by atoms with Crippen LogP contribution in [0.3, 0.4) is 0 Å². The molecule has 2 rings (SSSR count). The molecule has 0 aliphatic carbocycles. The van der Waals surface area contributed by atoms with E-state index in [9.17, 15) is 0 Å². The highest BCUT2D eigenvalue weighted by Gasteiger charge is 2.00. The summed E-state index contributed by atoms with van der Waals surface area (Å²) in [6.45, 7) is 3.93. The molecule has 1 N–H and O–H groups in total. The summed E-state index contributed by atoms with van der Waals surface area (Å²) in [6.07, 6.45) is 8.07. The first-order chi connectivity index (χ1) is 8.84. The number of aromatic nitrogens is 2. The van der Waals surface area contributed by atoms with Crippen LogP contribution in [0.15, 0.2) is 54.9 Å². The number of nitrogens with one attached hydrogen (secondary N) is 1. The first-order valence-corrected chi connectivity index (χ1v) is 6.27. The SMILES string of the molecule is C[C@@H](Cn1cccn1)NC/C=C\c1ccccc1. The molecule has 0 radical (unpaired) electrons. The van der Waals surface area contributed by atoms with Gasteiger partial charge in [-0.1, -0.05) is 42.5 Å². The van der Waals surface area contributed by atoms with Gasteiger partial charge >= 0.3 is 0 Å². The summed E-state index contributed by atoms with van der Waals surface area (Å²) >= 11 is 0. The Kier molecular flexibility index (Phi) is 4.73. The minimum Gasteiger partial charge on any atom is -0.309 e. The zero-order valence-electron chi connectivity index (χ0n) is 10.7. The standard InChI is InChI=1S/C15H19N3/c1-14(13-18-12-6-11-17-18)16-10-5-9-15-7-3-2-4-8-15/h2-9,11-12,14,16H,10,13H2,1H3/b9-5-/t14-/m0/s1. The van der Waals surface area contributed by atoms with Gasteiger partial charge in [-0.3, -0.25) is 4.68 Å². The van der Waals surface area contributed by atoms with Gasteiger partial charge in [0.1, 0.15) is 0 Å². The van der Waals surface area contributed by atoms with Crippen LogP contribution < -0.4 is 5.32 Å². The lowest BCUT2D eigenvalue weighted by Gasteiger charge is -2.12. The van der Waals surface area contributed by atoms with Gasteiger partial charge in [-0.2, -0.15) is 5.10 Å². The molecule has 0 saturated heterocycles. The monoisotopic (exact) mass is 241 g/mol. The summed E-state index contributed by atoms with van der Waals surface area (Å²) in [7, 11) is 0. The molecule has 1 heterocycles. The molecule has 0 bridgehead atoms. The number of nitrogens with zero attached hydrogens (tertiary/aromatic N) is 2. The molecular formula is C15H19N3. The zero-order valence-corrected chi connectivity index (χ0v) is 10.7. The molecule has 0 aliphatic rings. The Bertz CT molecular complexity index is 460. The summed E-state index contributed by atoms with van der Waals surface area (Å²) in [5.41, 5.74) is 1.24. The molecule has 0 fully saturated rings. The molecule has 0 amide bonds. The van der Waals surface area contributed by atoms with Crippen molar-refractivity contribution in [3.63, 3.8) is 0 Å². The van der Waals surface area contributed by atoms with Crippen molar-refractivity contribution in [2.45, 2.75) is 19.5 Å². The van der Waals surface area contributed by atoms with Crippen molar-refractivity contribution < 1.29 is 0 Å². The largest absolute Gasteiger partial charge is 0.309 e. The molecule has 3 nitrogen and oxygen atoms in total. The lowest BCUT2D eigenvalue weighted by molar-refractivity contribution is 0.469. The minimum atomic E-state index is 0.408. The smallest absolute Gasteiger partial charge is 0.0560 e. The third kappa shape index (κ3) is 4.18. The van der Waals surface area contributed by atoms with E-state index < -0.39 is 0 Å². The van der Waals surface area contributed by atoms with E-state index in [0.29, 0.717) is 6.04 Å². The van der Waals surface area contributed by atoms with E-state index in [4.69, 9.17) is 0 Å². The second-order valence-electron chi connectivity index (χ2n) is 4.35. The van der Waals surface area contributed by atoms with Gasteiger partial charge in [0.2, 0.25) is 0 Å². The minimum absolute atomic E-state index is 0.408. The zero-order chi connectivity index (χ0) is 12.6. The molecule has 1 aromatic heterocycles. The fourth-order valence-corrected chi connectivity index (χ4v) is 1.78. The first kappa shape index (κ1) is 12.6. The Labute approximate surface area is 108 Å². The predicted octanol–water partition coefficient (Wildman–Crippen LogP) is 2.57. The molecule has 0 spiro atoms. The van der Waals surface area contributed by atoms with Gasteiger partial charge in [0, 0.05) is 25.0 Å². The lowest BCUT2D eigenvalue weighted by Crippen LogP contribution is -2.30. The molecule has 2 aromatic rings. The van der Waals surface area contributed by atoms with Crippen molar-refractivity contribution in [2.75, 3.05) is 6.54 Å². The fourth-order valence-electron chi connectivity index (χ4n) is 1.78. The molecular weight excluding hydrogens is 222 g/mol. The molecule has 0 saturated carbocycles. The van der Waals surface area contributed by atoms with Crippen LogP contribution in [0.1, 0.15) is 12.5 Å². The molecule has 94 valence electrons. The van der Waals surface area contributed by atoms with Crippen LogP contribution in [0.5, 0.6) is 0 Å². The Morgan fingerprint density at radius 1 is 1.28 bits per heavy atom. The van der Waals surface area contributed by atoms with Crippen molar-refractivity contribution >= 4 is 6.08 Å². The maximum absolute atomic E-state index is 4.19. The van der Waals surface area contributed by atoms with E-state index in [2.05, 4.69) is 41.6 Å². The van der Waals surface area contributed by atoms with Crippen LogP contribution >= 0.6 is 0 Å². The molecule has 0 aliphatic heterocycles. The highest BCUT2D eigenvalue weighted by atomic mass is 15.3. The Hall–Kier alpha value is -1.87. The van der Waals surface area contributed by atoms with Crippen molar-refractivity contribution in [1.29, 1.82) is 0 Å². The molecule has 18 heavy (non-hydrogen) atoms. The average Bonchev–Trinajstić information content (AvgIpc) is 2.89. The normalized spacial score (nSPS) is 12.9. The van der Waals surface area contributed by atoms with Gasteiger partial charge in [-0.05, 0) is 18.6 Å². The second-order valence-corrected chi connectivity index (χ2v) is 4.35. The Morgan fingerprint density at radius 3 is 2.83 bits per heavy atom. The lowest BCUT2D eigenvalue weighted by atomic mass is 10.2. The van der Waals surface area contributed by atoms with Crippen molar-refractivity contribution in [2.24, 2.45) is 0 Å². The highest BCUT2D eigenvalue weighted by Crippen LogP contribution is 2.00. The summed E-state index contributed by atoms with van der Waals surface area (Å²) in [6, 6.07) is 12.7. The van der Waals surface area contributed by atoms with E-state index in [1.807, 2.05) is 41.3 Å². The first-order valence-electron chi connectivity index (χ1n) is 6.27. The van der Waals surface area contributed by atoms with Crippen LogP contribution in [-0.4, -0.2) is 22.4 Å². The summed E-state index contributed by atoms with van der Waals surface area (Å²) < 4.78 is 1.94. The van der Waals surface area contributed by atoms with E-state index in [1.54, 1.807) is 0 Å². The van der Waals surface area contributed by atoms with Gasteiger partial charge in [0.25, 0.3) is 0 Å². The third-order valence-electron chi connectivity index (χ3n) is 2.71. The molecule has 3 heteroatoms. The number of benzene rings is 1. The average molecular weight is 241 g/mol. The quantitative estimate of drug-likeness (QED) is 0.842. The van der Waals surface area contributed by atoms with Gasteiger partial charge in [0.05, 0.1) is 6.54 Å². The second kappa shape index (κ2) is 6.77. The van der Waals surface area contributed by atoms with E-state index >= 15 is 0 Å². The number of rotatable bonds is 6. The maximum atomic E-state index is 4.19. The van der Waals surface area contributed by atoms with Crippen molar-refractivity contribution in [1.82, 2.24) is 15.1 Å². The van der Waals surface area contributed by atoms with Gasteiger partial charge < -0.3 is 5.32 Å². The molecule has 1 aromatic carbocycles. The topological polar surface area (TPSA) is 29.9 Å². The number of hydrogen-bond acceptors (Lipinski definition) is 2. The molecule has 1 atom stereocenters. The summed E-state index contributed by atoms with van der Waals surface area (Å²) in [5.74, 6) is 0. The van der Waals surface area contributed by atoms with Crippen LogP contribution in [-0.2, 0) is 6.54 Å². The van der Waals surface area contributed by atoms with E-state index in [-0.39, 0.29) is 0 Å². The predicted molar refractivity (Wildman–Crippen MR) is 75.2 cm³/mol. The summed E-state index contributed by atoms with van der Waals surface area (Å²) in [4.78, 5) is 0.